The third kappa shape index (κ3) is 12.3. The van der Waals surface area contributed by atoms with Gasteiger partial charge in [0.25, 0.3) is 0 Å². The van der Waals surface area contributed by atoms with Gasteiger partial charge in [-0.15, -0.1) is 47.5 Å². The number of piperidine rings is 2. The summed E-state index contributed by atoms with van der Waals surface area (Å²) >= 11 is 3.55. The van der Waals surface area contributed by atoms with Crippen LogP contribution in [0.4, 0.5) is 20.4 Å². The van der Waals surface area contributed by atoms with Crippen LogP contribution >= 0.6 is 47.5 Å². The van der Waals surface area contributed by atoms with E-state index in [1.54, 1.807) is 59.6 Å². The number of benzene rings is 2. The highest BCUT2D eigenvalue weighted by molar-refractivity contribution is 7.19. The molecule has 2 unspecified atom stereocenters. The Morgan fingerprint density at radius 3 is 1.32 bits per heavy atom. The summed E-state index contributed by atoms with van der Waals surface area (Å²) in [6.07, 6.45) is 9.70. The van der Waals surface area contributed by atoms with Crippen LogP contribution in [-0.4, -0.2) is 68.0 Å². The molecule has 6 aromatic rings. The standard InChI is InChI=1S/2C23H29FN4S.2ClH/c2*1-15(2)11-20-13-21-22(25-14-26-23(21)29-20)27-19-7-9-28(10-8-19)16(3)17-5-4-6-18(24)12-17;;/h2*4-6,12-16,19H,7-11H2,1-3H3,(H,25,26,27);2*1H. The molecule has 2 N–H and O–H groups in total. The number of thiophene rings is 2. The summed E-state index contributed by atoms with van der Waals surface area (Å²) in [4.78, 5) is 27.8. The van der Waals surface area contributed by atoms with Gasteiger partial charge >= 0.3 is 0 Å². The van der Waals surface area contributed by atoms with Crippen molar-refractivity contribution in [3.05, 3.63) is 106 Å². The van der Waals surface area contributed by atoms with E-state index < -0.39 is 0 Å². The molecule has 14 heteroatoms. The normalized spacial score (nSPS) is 16.6. The Morgan fingerprint density at radius 1 is 0.583 bits per heavy atom. The lowest BCUT2D eigenvalue weighted by Gasteiger charge is -2.36. The van der Waals surface area contributed by atoms with Crippen LogP contribution in [0.25, 0.3) is 20.4 Å². The second-order valence-electron chi connectivity index (χ2n) is 16.9. The van der Waals surface area contributed by atoms with Crippen molar-refractivity contribution < 1.29 is 8.78 Å². The Balaban J connectivity index is 0.000000220. The predicted molar refractivity (Wildman–Crippen MR) is 252 cm³/mol. The van der Waals surface area contributed by atoms with Crippen molar-refractivity contribution in [2.24, 2.45) is 11.8 Å². The molecule has 2 aromatic carbocycles. The maximum atomic E-state index is 13.6. The Hall–Kier alpha value is -3.52. The second kappa shape index (κ2) is 22.0. The molecular weight excluding hydrogens is 838 g/mol. The molecule has 0 amide bonds. The molecule has 2 fully saturated rings. The van der Waals surface area contributed by atoms with Gasteiger partial charge in [-0.2, -0.15) is 0 Å². The van der Waals surface area contributed by atoms with Crippen molar-refractivity contribution in [3.63, 3.8) is 0 Å². The number of hydrogen-bond donors (Lipinski definition) is 2. The average molecular weight is 898 g/mol. The van der Waals surface area contributed by atoms with Gasteiger partial charge < -0.3 is 10.6 Å². The first-order valence-corrected chi connectivity index (χ1v) is 22.6. The van der Waals surface area contributed by atoms with Crippen molar-refractivity contribution in [2.45, 2.75) is 104 Å². The molecule has 2 saturated heterocycles. The number of anilines is 2. The molecule has 8 rings (SSSR count). The zero-order valence-corrected chi connectivity index (χ0v) is 38.8. The van der Waals surface area contributed by atoms with Gasteiger partial charge in [0.1, 0.15) is 45.6 Å². The van der Waals surface area contributed by atoms with E-state index in [0.717, 1.165) is 108 Å². The minimum Gasteiger partial charge on any atom is -0.367 e. The van der Waals surface area contributed by atoms with Gasteiger partial charge in [0.2, 0.25) is 0 Å². The quantitative estimate of drug-likeness (QED) is 0.126. The molecule has 6 heterocycles. The summed E-state index contributed by atoms with van der Waals surface area (Å²) in [7, 11) is 0. The van der Waals surface area contributed by atoms with Crippen LogP contribution in [0.3, 0.4) is 0 Å². The zero-order chi connectivity index (χ0) is 40.8. The second-order valence-corrected chi connectivity index (χ2v) is 19.1. The SMILES string of the molecule is CC(C)Cc1cc2c(NC3CCN(C(C)c4cccc(F)c4)CC3)ncnc2s1.CC(C)Cc1cc2c(NC3CCN(C(C)c4cccc(F)c4)CC3)ncnc2s1.Cl.Cl. The fourth-order valence-electron chi connectivity index (χ4n) is 8.25. The van der Waals surface area contributed by atoms with Gasteiger partial charge in [-0.05, 0) is 112 Å². The largest absolute Gasteiger partial charge is 0.367 e. The van der Waals surface area contributed by atoms with Crippen molar-refractivity contribution >= 4 is 79.6 Å². The summed E-state index contributed by atoms with van der Waals surface area (Å²) in [5.41, 5.74) is 2.09. The van der Waals surface area contributed by atoms with Crippen molar-refractivity contribution in [3.8, 4) is 0 Å². The van der Waals surface area contributed by atoms with Crippen LogP contribution in [0, 0.1) is 23.5 Å². The Morgan fingerprint density at radius 2 is 0.967 bits per heavy atom. The lowest BCUT2D eigenvalue weighted by molar-refractivity contribution is 0.167. The lowest BCUT2D eigenvalue weighted by atomic mass is 10.00. The average Bonchev–Trinajstić information content (AvgIpc) is 3.82. The van der Waals surface area contributed by atoms with E-state index in [1.807, 2.05) is 12.1 Å². The summed E-state index contributed by atoms with van der Waals surface area (Å²) in [6, 6.07) is 19.7. The Bertz CT molecular complexity index is 2090. The molecule has 60 heavy (non-hydrogen) atoms. The minimum atomic E-state index is -0.161. The minimum absolute atomic E-state index is 0. The summed E-state index contributed by atoms with van der Waals surface area (Å²) in [6.45, 7) is 17.3. The number of fused-ring (bicyclic) bond motifs is 2. The fourth-order valence-corrected chi connectivity index (χ4v) is 10.7. The first-order chi connectivity index (χ1) is 28.0. The monoisotopic (exact) mass is 896 g/mol. The number of hydrogen-bond acceptors (Lipinski definition) is 10. The van der Waals surface area contributed by atoms with Gasteiger partial charge in [0.05, 0.1) is 10.8 Å². The fraction of sp³-hybridized carbons (Fsp3) is 0.478. The van der Waals surface area contributed by atoms with E-state index in [4.69, 9.17) is 0 Å². The predicted octanol–water partition coefficient (Wildman–Crippen LogP) is 12.2. The molecule has 0 aliphatic carbocycles. The lowest BCUT2D eigenvalue weighted by Crippen LogP contribution is -2.40. The highest BCUT2D eigenvalue weighted by atomic mass is 35.5. The number of halogens is 4. The van der Waals surface area contributed by atoms with Gasteiger partial charge in [-0.1, -0.05) is 52.0 Å². The van der Waals surface area contributed by atoms with Crippen LogP contribution in [0.5, 0.6) is 0 Å². The van der Waals surface area contributed by atoms with Crippen LogP contribution in [0.1, 0.15) is 100 Å². The highest BCUT2D eigenvalue weighted by Crippen LogP contribution is 2.33. The molecular formula is C46H60Cl2F2N8S2. The molecule has 2 aliphatic heterocycles. The zero-order valence-electron chi connectivity index (χ0n) is 35.5. The van der Waals surface area contributed by atoms with E-state index >= 15 is 0 Å². The topological polar surface area (TPSA) is 82.1 Å². The van der Waals surface area contributed by atoms with Gasteiger partial charge in [-0.3, -0.25) is 9.80 Å². The van der Waals surface area contributed by atoms with Crippen LogP contribution < -0.4 is 10.6 Å². The van der Waals surface area contributed by atoms with Crippen LogP contribution in [0.15, 0.2) is 73.3 Å². The van der Waals surface area contributed by atoms with E-state index in [9.17, 15) is 8.78 Å². The van der Waals surface area contributed by atoms with E-state index in [-0.39, 0.29) is 48.5 Å². The molecule has 0 radical (unpaired) electrons. The Kier molecular flexibility index (Phi) is 17.4. The maximum absolute atomic E-state index is 13.6. The van der Waals surface area contributed by atoms with Gasteiger partial charge in [0.15, 0.2) is 0 Å². The van der Waals surface area contributed by atoms with Crippen LogP contribution in [-0.2, 0) is 12.8 Å². The third-order valence-electron chi connectivity index (χ3n) is 11.5. The molecule has 0 bridgehead atoms. The van der Waals surface area contributed by atoms with Crippen molar-refractivity contribution in [1.82, 2.24) is 29.7 Å². The smallest absolute Gasteiger partial charge is 0.138 e. The summed E-state index contributed by atoms with van der Waals surface area (Å²) in [5.74, 6) is 2.86. The molecule has 8 nitrogen and oxygen atoms in total. The number of rotatable bonds is 12. The third-order valence-corrected chi connectivity index (χ3v) is 13.6. The molecule has 4 aromatic heterocycles. The molecule has 324 valence electrons. The number of nitrogens with one attached hydrogen (secondary N) is 2. The number of likely N-dealkylation sites (tertiary alicyclic amines) is 2. The number of aromatic nitrogens is 4. The van der Waals surface area contributed by atoms with Crippen LogP contribution in [0.2, 0.25) is 0 Å². The summed E-state index contributed by atoms with van der Waals surface area (Å²) in [5, 5.41) is 9.62. The van der Waals surface area contributed by atoms with E-state index in [0.29, 0.717) is 23.9 Å². The summed E-state index contributed by atoms with van der Waals surface area (Å²) < 4.78 is 27.1. The van der Waals surface area contributed by atoms with Gasteiger partial charge in [-0.25, -0.2) is 28.7 Å². The highest BCUT2D eigenvalue weighted by Gasteiger charge is 2.26. The van der Waals surface area contributed by atoms with Crippen molar-refractivity contribution in [2.75, 3.05) is 36.8 Å². The van der Waals surface area contributed by atoms with E-state index in [1.165, 1.54) is 21.9 Å². The van der Waals surface area contributed by atoms with Gasteiger partial charge in [0, 0.05) is 60.1 Å². The molecule has 2 aliphatic rings. The Labute approximate surface area is 374 Å². The first kappa shape index (κ1) is 47.5. The number of nitrogens with zero attached hydrogens (tertiary/aromatic N) is 6. The first-order valence-electron chi connectivity index (χ1n) is 21.0. The maximum Gasteiger partial charge on any atom is 0.138 e. The van der Waals surface area contributed by atoms with E-state index in [2.05, 4.69) is 94.0 Å². The molecule has 0 saturated carbocycles. The van der Waals surface area contributed by atoms with Crippen molar-refractivity contribution in [1.29, 1.82) is 0 Å². The molecule has 0 spiro atoms. The molecule has 2 atom stereocenters.